The molecule has 0 radical (unpaired) electrons. The molecule has 1 fully saturated rings. The number of thiazole rings is 1. The van der Waals surface area contributed by atoms with Gasteiger partial charge in [-0.2, -0.15) is 0 Å². The number of aromatic nitrogens is 1. The standard InChI is InChI=1S/C13H15N3O2S.ClH/c14-6-9-2-3-11(18-9)13(17)16-8-1-4-12-10(5-8)15-7-19-12;/h1,4-5,7,9,11H,2-3,6,14H2,(H,16,17);1H/t9-,11+;/m1./s1. The molecule has 0 unspecified atom stereocenters. The second kappa shape index (κ2) is 6.49. The smallest absolute Gasteiger partial charge is 0.253 e. The fourth-order valence-corrected chi connectivity index (χ4v) is 2.89. The highest BCUT2D eigenvalue weighted by atomic mass is 35.5. The topological polar surface area (TPSA) is 77.2 Å². The first-order chi connectivity index (χ1) is 9.26. The predicted octanol–water partition coefficient (Wildman–Crippen LogP) is 2.16. The Morgan fingerprint density at radius 2 is 2.35 bits per heavy atom. The van der Waals surface area contributed by atoms with Gasteiger partial charge in [0.25, 0.3) is 5.91 Å². The summed E-state index contributed by atoms with van der Waals surface area (Å²) in [7, 11) is 0. The van der Waals surface area contributed by atoms with Crippen molar-refractivity contribution in [1.29, 1.82) is 0 Å². The van der Waals surface area contributed by atoms with Gasteiger partial charge in [0.1, 0.15) is 6.10 Å². The van der Waals surface area contributed by atoms with Crippen LogP contribution < -0.4 is 11.1 Å². The van der Waals surface area contributed by atoms with Crippen LogP contribution in [0.4, 0.5) is 5.69 Å². The lowest BCUT2D eigenvalue weighted by atomic mass is 10.2. The van der Waals surface area contributed by atoms with Crippen LogP contribution in [0.25, 0.3) is 10.2 Å². The number of carbonyl (C=O) groups excluding carboxylic acids is 1. The number of amides is 1. The average Bonchev–Trinajstić information content (AvgIpc) is 3.06. The monoisotopic (exact) mass is 313 g/mol. The van der Waals surface area contributed by atoms with Crippen LogP contribution in [0.3, 0.4) is 0 Å². The Labute approximate surface area is 126 Å². The van der Waals surface area contributed by atoms with E-state index in [0.717, 1.165) is 28.7 Å². The first kappa shape index (κ1) is 15.2. The highest BCUT2D eigenvalue weighted by molar-refractivity contribution is 7.16. The summed E-state index contributed by atoms with van der Waals surface area (Å²) >= 11 is 1.58. The van der Waals surface area contributed by atoms with Crippen molar-refractivity contribution >= 4 is 45.6 Å². The molecule has 2 atom stereocenters. The van der Waals surface area contributed by atoms with Crippen LogP contribution in [0.1, 0.15) is 12.8 Å². The van der Waals surface area contributed by atoms with Crippen molar-refractivity contribution in [2.45, 2.75) is 25.0 Å². The lowest BCUT2D eigenvalue weighted by Crippen LogP contribution is -2.29. The van der Waals surface area contributed by atoms with E-state index in [1.54, 1.807) is 16.8 Å². The number of fused-ring (bicyclic) bond motifs is 1. The van der Waals surface area contributed by atoms with E-state index in [9.17, 15) is 4.79 Å². The van der Waals surface area contributed by atoms with E-state index < -0.39 is 0 Å². The number of rotatable bonds is 3. The van der Waals surface area contributed by atoms with Gasteiger partial charge in [0.2, 0.25) is 0 Å². The van der Waals surface area contributed by atoms with Crippen molar-refractivity contribution in [2.24, 2.45) is 5.73 Å². The first-order valence-electron chi connectivity index (χ1n) is 6.26. The number of nitrogens with two attached hydrogens (primary N) is 1. The third-order valence-electron chi connectivity index (χ3n) is 3.26. The molecule has 2 aromatic rings. The molecule has 3 rings (SSSR count). The summed E-state index contributed by atoms with van der Waals surface area (Å²) < 4.78 is 6.68. The summed E-state index contributed by atoms with van der Waals surface area (Å²) in [6, 6.07) is 5.72. The Kier molecular flexibility index (Phi) is 4.93. The van der Waals surface area contributed by atoms with Gasteiger partial charge in [0.05, 0.1) is 21.8 Å². The van der Waals surface area contributed by atoms with Crippen molar-refractivity contribution in [3.8, 4) is 0 Å². The molecule has 0 aliphatic carbocycles. The minimum absolute atomic E-state index is 0. The summed E-state index contributed by atoms with van der Waals surface area (Å²) in [6.07, 6.45) is 1.20. The first-order valence-corrected chi connectivity index (χ1v) is 7.14. The summed E-state index contributed by atoms with van der Waals surface area (Å²) in [5.41, 5.74) is 8.98. The van der Waals surface area contributed by atoms with Gasteiger partial charge in [-0.1, -0.05) is 0 Å². The number of ether oxygens (including phenoxy) is 1. The number of anilines is 1. The van der Waals surface area contributed by atoms with Crippen LogP contribution in [-0.2, 0) is 9.53 Å². The second-order valence-corrected chi connectivity index (χ2v) is 5.47. The van der Waals surface area contributed by atoms with Crippen LogP contribution in [0.15, 0.2) is 23.7 Å². The van der Waals surface area contributed by atoms with E-state index in [-0.39, 0.29) is 30.5 Å². The third kappa shape index (κ3) is 3.09. The SMILES string of the molecule is Cl.NC[C@H]1CC[C@@H](C(=O)Nc2ccc3scnc3c2)O1. The van der Waals surface area contributed by atoms with Crippen LogP contribution in [-0.4, -0.2) is 29.6 Å². The molecule has 1 aliphatic heterocycles. The number of carbonyl (C=O) groups is 1. The molecule has 20 heavy (non-hydrogen) atoms. The highest BCUT2D eigenvalue weighted by Crippen LogP contribution is 2.23. The Bertz CT molecular complexity index is 604. The molecule has 2 heterocycles. The van der Waals surface area contributed by atoms with Crippen LogP contribution >= 0.6 is 23.7 Å². The molecule has 7 heteroatoms. The molecular formula is C13H16ClN3O2S. The van der Waals surface area contributed by atoms with Crippen molar-refractivity contribution in [3.63, 3.8) is 0 Å². The van der Waals surface area contributed by atoms with Crippen molar-refractivity contribution in [2.75, 3.05) is 11.9 Å². The molecule has 1 aromatic carbocycles. The van der Waals surface area contributed by atoms with E-state index in [1.165, 1.54) is 0 Å². The van der Waals surface area contributed by atoms with Gasteiger partial charge in [-0.3, -0.25) is 4.79 Å². The molecule has 1 amide bonds. The molecule has 0 saturated carbocycles. The fraction of sp³-hybridized carbons (Fsp3) is 0.385. The lowest BCUT2D eigenvalue weighted by molar-refractivity contribution is -0.126. The molecule has 5 nitrogen and oxygen atoms in total. The zero-order valence-corrected chi connectivity index (χ0v) is 12.4. The van der Waals surface area contributed by atoms with Crippen molar-refractivity contribution in [3.05, 3.63) is 23.7 Å². The summed E-state index contributed by atoms with van der Waals surface area (Å²) in [6.45, 7) is 0.467. The molecule has 1 aliphatic rings. The normalized spacial score (nSPS) is 21.6. The number of nitrogens with zero attached hydrogens (tertiary/aromatic N) is 1. The van der Waals surface area contributed by atoms with E-state index in [1.807, 2.05) is 18.2 Å². The summed E-state index contributed by atoms with van der Waals surface area (Å²) in [5.74, 6) is -0.106. The molecule has 1 aromatic heterocycles. The van der Waals surface area contributed by atoms with Gasteiger partial charge < -0.3 is 15.8 Å². The Morgan fingerprint density at radius 1 is 1.50 bits per heavy atom. The molecule has 1 saturated heterocycles. The van der Waals surface area contributed by atoms with E-state index in [0.29, 0.717) is 6.54 Å². The predicted molar refractivity (Wildman–Crippen MR) is 82.4 cm³/mol. The number of benzene rings is 1. The van der Waals surface area contributed by atoms with E-state index in [4.69, 9.17) is 10.5 Å². The number of nitrogens with one attached hydrogen (secondary N) is 1. The Morgan fingerprint density at radius 3 is 3.10 bits per heavy atom. The number of halogens is 1. The van der Waals surface area contributed by atoms with Crippen LogP contribution in [0.2, 0.25) is 0 Å². The maximum Gasteiger partial charge on any atom is 0.253 e. The lowest BCUT2D eigenvalue weighted by Gasteiger charge is -2.12. The third-order valence-corrected chi connectivity index (χ3v) is 4.07. The van der Waals surface area contributed by atoms with Crippen molar-refractivity contribution < 1.29 is 9.53 Å². The summed E-state index contributed by atoms with van der Waals surface area (Å²) in [4.78, 5) is 16.3. The maximum absolute atomic E-state index is 12.1. The minimum atomic E-state index is -0.389. The second-order valence-electron chi connectivity index (χ2n) is 4.58. The van der Waals surface area contributed by atoms with Gasteiger partial charge in [0, 0.05) is 12.2 Å². The van der Waals surface area contributed by atoms with E-state index in [2.05, 4.69) is 10.3 Å². The molecule has 0 bridgehead atoms. The zero-order chi connectivity index (χ0) is 13.2. The molecule has 0 spiro atoms. The Hall–Kier alpha value is -1.21. The highest BCUT2D eigenvalue weighted by Gasteiger charge is 2.29. The minimum Gasteiger partial charge on any atom is -0.364 e. The van der Waals surface area contributed by atoms with Gasteiger partial charge in [0.15, 0.2) is 0 Å². The Balaban J connectivity index is 0.00000147. The fourth-order valence-electron chi connectivity index (χ4n) is 2.23. The molecule has 108 valence electrons. The van der Waals surface area contributed by atoms with E-state index >= 15 is 0 Å². The summed E-state index contributed by atoms with van der Waals surface area (Å²) in [5, 5.41) is 2.87. The van der Waals surface area contributed by atoms with Gasteiger partial charge in [-0.25, -0.2) is 4.98 Å². The molecular weight excluding hydrogens is 298 g/mol. The van der Waals surface area contributed by atoms with Crippen molar-refractivity contribution in [1.82, 2.24) is 4.98 Å². The van der Waals surface area contributed by atoms with Gasteiger partial charge >= 0.3 is 0 Å². The van der Waals surface area contributed by atoms with Gasteiger partial charge in [-0.05, 0) is 31.0 Å². The number of hydrogen-bond acceptors (Lipinski definition) is 5. The average molecular weight is 314 g/mol. The van der Waals surface area contributed by atoms with Gasteiger partial charge in [-0.15, -0.1) is 23.7 Å². The zero-order valence-electron chi connectivity index (χ0n) is 10.7. The number of hydrogen-bond donors (Lipinski definition) is 2. The maximum atomic E-state index is 12.1. The van der Waals surface area contributed by atoms with Crippen LogP contribution in [0, 0.1) is 0 Å². The largest absolute Gasteiger partial charge is 0.364 e. The van der Waals surface area contributed by atoms with Crippen LogP contribution in [0.5, 0.6) is 0 Å². The molecule has 3 N–H and O–H groups in total. The quantitative estimate of drug-likeness (QED) is 0.910.